The molecule has 184 valence electrons. The van der Waals surface area contributed by atoms with Crippen molar-refractivity contribution in [2.45, 2.75) is 17.8 Å². The minimum atomic E-state index is -4.87. The molecule has 0 atom stereocenters. The van der Waals surface area contributed by atoms with E-state index in [1.54, 1.807) is 30.3 Å². The predicted molar refractivity (Wildman–Crippen MR) is 123 cm³/mol. The molecule has 0 amide bonds. The number of halogens is 4. The highest BCUT2D eigenvalue weighted by Gasteiger charge is 2.32. The van der Waals surface area contributed by atoms with Gasteiger partial charge in [-0.3, -0.25) is 0 Å². The van der Waals surface area contributed by atoms with E-state index in [0.717, 1.165) is 12.1 Å². The van der Waals surface area contributed by atoms with Crippen molar-refractivity contribution in [1.29, 1.82) is 0 Å². The number of aliphatic imine (C=N–C) groups is 1. The molecular formula is C22H17ClF3N3O5S. The second-order valence-corrected chi connectivity index (χ2v) is 9.14. The van der Waals surface area contributed by atoms with Crippen LogP contribution in [0.25, 0.3) is 0 Å². The first kappa shape index (κ1) is 24.5. The fraction of sp³-hybridized carbons (Fsp3) is 0.136. The number of sulfonamides is 1. The number of anilines is 1. The molecule has 0 saturated carbocycles. The molecule has 2 N–H and O–H groups in total. The maximum atomic E-state index is 12.8. The van der Waals surface area contributed by atoms with Crippen LogP contribution in [0.3, 0.4) is 0 Å². The minimum Gasteiger partial charge on any atom is -0.496 e. The largest absolute Gasteiger partial charge is 0.573 e. The third-order valence-corrected chi connectivity index (χ3v) is 6.40. The maximum absolute atomic E-state index is 12.8. The number of nitrogens with zero attached hydrogens (tertiary/aromatic N) is 1. The SMILES string of the molecule is COc1ccc(OC(F)(F)F)cc1CN=C1Nc2c(Oc3ccccc3Cl)cccc2S(=O)(=O)N1. The molecule has 0 spiro atoms. The normalized spacial score (nSPS) is 15.5. The lowest BCUT2D eigenvalue weighted by molar-refractivity contribution is -0.274. The van der Waals surface area contributed by atoms with Crippen LogP contribution in [0.1, 0.15) is 5.56 Å². The number of alkyl halides is 3. The topological polar surface area (TPSA) is 98.2 Å². The summed E-state index contributed by atoms with van der Waals surface area (Å²) < 4.78 is 80.6. The zero-order valence-electron chi connectivity index (χ0n) is 17.9. The lowest BCUT2D eigenvalue weighted by Crippen LogP contribution is -2.40. The Morgan fingerprint density at radius 3 is 2.46 bits per heavy atom. The molecule has 0 saturated heterocycles. The Morgan fingerprint density at radius 1 is 1.00 bits per heavy atom. The zero-order chi connectivity index (χ0) is 25.2. The second-order valence-electron chi connectivity index (χ2n) is 7.08. The molecule has 13 heteroatoms. The molecule has 1 aliphatic rings. The average molecular weight is 528 g/mol. The first-order valence-electron chi connectivity index (χ1n) is 9.88. The molecule has 4 rings (SSSR count). The van der Waals surface area contributed by atoms with E-state index in [1.807, 2.05) is 0 Å². The third kappa shape index (κ3) is 5.72. The monoisotopic (exact) mass is 527 g/mol. The van der Waals surface area contributed by atoms with E-state index >= 15 is 0 Å². The molecular weight excluding hydrogens is 511 g/mol. The quantitative estimate of drug-likeness (QED) is 0.451. The summed E-state index contributed by atoms with van der Waals surface area (Å²) in [6.07, 6.45) is -4.87. The predicted octanol–water partition coefficient (Wildman–Crippen LogP) is 5.30. The van der Waals surface area contributed by atoms with Crippen LogP contribution in [-0.4, -0.2) is 27.8 Å². The number of fused-ring (bicyclic) bond motifs is 1. The van der Waals surface area contributed by atoms with Crippen LogP contribution in [0, 0.1) is 0 Å². The zero-order valence-corrected chi connectivity index (χ0v) is 19.5. The third-order valence-electron chi connectivity index (χ3n) is 4.70. The van der Waals surface area contributed by atoms with Crippen LogP contribution in [0.2, 0.25) is 5.02 Å². The number of guanidine groups is 1. The van der Waals surface area contributed by atoms with Crippen LogP contribution < -0.4 is 24.2 Å². The number of hydrogen-bond acceptors (Lipinski definition) is 6. The Balaban J connectivity index is 1.65. The summed E-state index contributed by atoms with van der Waals surface area (Å²) in [5.74, 6) is 0.0885. The van der Waals surface area contributed by atoms with E-state index in [-0.39, 0.29) is 40.1 Å². The van der Waals surface area contributed by atoms with Crippen molar-refractivity contribution in [3.05, 3.63) is 71.2 Å². The van der Waals surface area contributed by atoms with Crippen LogP contribution in [0.5, 0.6) is 23.0 Å². The Bertz CT molecular complexity index is 1400. The molecule has 0 bridgehead atoms. The van der Waals surface area contributed by atoms with Crippen molar-refractivity contribution >= 4 is 33.3 Å². The van der Waals surface area contributed by atoms with Gasteiger partial charge in [0.1, 0.15) is 27.8 Å². The van der Waals surface area contributed by atoms with E-state index in [9.17, 15) is 21.6 Å². The Hall–Kier alpha value is -3.64. The van der Waals surface area contributed by atoms with Gasteiger partial charge in [-0.25, -0.2) is 18.1 Å². The van der Waals surface area contributed by atoms with Gasteiger partial charge in [0.25, 0.3) is 10.0 Å². The molecule has 0 aromatic heterocycles. The van der Waals surface area contributed by atoms with Gasteiger partial charge < -0.3 is 19.5 Å². The molecule has 0 unspecified atom stereocenters. The molecule has 1 heterocycles. The Labute approximate surface area is 203 Å². The molecule has 35 heavy (non-hydrogen) atoms. The molecule has 0 fully saturated rings. The average Bonchev–Trinajstić information content (AvgIpc) is 2.78. The summed E-state index contributed by atoms with van der Waals surface area (Å²) in [5, 5.41) is 3.18. The molecule has 1 aliphatic heterocycles. The fourth-order valence-corrected chi connectivity index (χ4v) is 4.56. The number of benzene rings is 3. The van der Waals surface area contributed by atoms with Crippen LogP contribution in [-0.2, 0) is 16.6 Å². The number of para-hydroxylation sites is 2. The van der Waals surface area contributed by atoms with Gasteiger partial charge in [0, 0.05) is 5.56 Å². The maximum Gasteiger partial charge on any atom is 0.573 e. The lowest BCUT2D eigenvalue weighted by Gasteiger charge is -2.24. The van der Waals surface area contributed by atoms with Crippen molar-refractivity contribution < 1.29 is 35.8 Å². The first-order valence-corrected chi connectivity index (χ1v) is 11.7. The highest BCUT2D eigenvalue weighted by Crippen LogP contribution is 2.38. The van der Waals surface area contributed by atoms with Crippen molar-refractivity contribution in [2.24, 2.45) is 4.99 Å². The van der Waals surface area contributed by atoms with Gasteiger partial charge >= 0.3 is 6.36 Å². The minimum absolute atomic E-state index is 0.0841. The molecule has 3 aromatic rings. The van der Waals surface area contributed by atoms with Crippen LogP contribution in [0.4, 0.5) is 18.9 Å². The van der Waals surface area contributed by atoms with E-state index in [2.05, 4.69) is 19.8 Å². The number of rotatable bonds is 6. The Kier molecular flexibility index (Phi) is 6.68. The van der Waals surface area contributed by atoms with Crippen LogP contribution >= 0.6 is 11.6 Å². The lowest BCUT2D eigenvalue weighted by atomic mass is 10.2. The van der Waals surface area contributed by atoms with E-state index in [1.165, 1.54) is 25.3 Å². The second kappa shape index (κ2) is 9.55. The van der Waals surface area contributed by atoms with Gasteiger partial charge in [0.05, 0.1) is 18.7 Å². The number of ether oxygens (including phenoxy) is 3. The molecule has 0 aliphatic carbocycles. The summed E-state index contributed by atoms with van der Waals surface area (Å²) in [7, 11) is -2.69. The van der Waals surface area contributed by atoms with Crippen LogP contribution in [0.15, 0.2) is 70.6 Å². The van der Waals surface area contributed by atoms with Crippen molar-refractivity contribution in [3.63, 3.8) is 0 Å². The molecule has 0 radical (unpaired) electrons. The summed E-state index contributed by atoms with van der Waals surface area (Å²) >= 11 is 6.15. The van der Waals surface area contributed by atoms with Crippen molar-refractivity contribution in [1.82, 2.24) is 4.72 Å². The van der Waals surface area contributed by atoms with Gasteiger partial charge in [-0.2, -0.15) is 0 Å². The summed E-state index contributed by atoms with van der Waals surface area (Å²) in [4.78, 5) is 4.09. The van der Waals surface area contributed by atoms with Gasteiger partial charge in [-0.1, -0.05) is 29.8 Å². The van der Waals surface area contributed by atoms with Gasteiger partial charge in [-0.15, -0.1) is 13.2 Å². The summed E-state index contributed by atoms with van der Waals surface area (Å²) in [6, 6.07) is 14.6. The van der Waals surface area contributed by atoms with Crippen molar-refractivity contribution in [2.75, 3.05) is 12.4 Å². The Morgan fingerprint density at radius 2 is 1.74 bits per heavy atom. The number of nitrogens with one attached hydrogen (secondary N) is 2. The highest BCUT2D eigenvalue weighted by atomic mass is 35.5. The molecule has 8 nitrogen and oxygen atoms in total. The van der Waals surface area contributed by atoms with Crippen molar-refractivity contribution in [3.8, 4) is 23.0 Å². The van der Waals surface area contributed by atoms with Gasteiger partial charge in [0.2, 0.25) is 5.96 Å². The molecule has 3 aromatic carbocycles. The fourth-order valence-electron chi connectivity index (χ4n) is 3.23. The number of hydrogen-bond donors (Lipinski definition) is 2. The van der Waals surface area contributed by atoms with Gasteiger partial charge in [0.15, 0.2) is 5.75 Å². The standard InChI is InChI=1S/C22H17ClF3N3O5S/c1-32-16-10-9-14(34-22(24,25)26)11-13(16)12-27-21-28-20-18(33-17-6-3-2-5-15(17)23)7-4-8-19(20)35(30,31)29-21/h2-11H,12H2,1H3,(H2,27,28,29). The van der Waals surface area contributed by atoms with Gasteiger partial charge in [-0.05, 0) is 42.5 Å². The number of methoxy groups -OCH3 is 1. The first-order chi connectivity index (χ1) is 16.6. The summed E-state index contributed by atoms with van der Waals surface area (Å²) in [6.45, 7) is -0.230. The van der Waals surface area contributed by atoms with E-state index in [0.29, 0.717) is 10.8 Å². The van der Waals surface area contributed by atoms with E-state index < -0.39 is 22.1 Å². The van der Waals surface area contributed by atoms with E-state index in [4.69, 9.17) is 21.1 Å². The highest BCUT2D eigenvalue weighted by molar-refractivity contribution is 7.90. The summed E-state index contributed by atoms with van der Waals surface area (Å²) in [5.41, 5.74) is 0.347. The smallest absolute Gasteiger partial charge is 0.496 e.